The third-order valence-electron chi connectivity index (χ3n) is 3.28. The van der Waals surface area contributed by atoms with Gasteiger partial charge >= 0.3 is 0 Å². The van der Waals surface area contributed by atoms with Crippen molar-refractivity contribution in [3.63, 3.8) is 0 Å². The van der Waals surface area contributed by atoms with Crippen molar-refractivity contribution in [1.29, 1.82) is 0 Å². The number of nitrogens with one attached hydrogen (secondary N) is 3. The lowest BCUT2D eigenvalue weighted by molar-refractivity contribution is -0.129. The van der Waals surface area contributed by atoms with Gasteiger partial charge in [-0.25, -0.2) is 0 Å². The van der Waals surface area contributed by atoms with Crippen molar-refractivity contribution in [2.24, 2.45) is 4.99 Å². The van der Waals surface area contributed by atoms with E-state index >= 15 is 0 Å². The number of hydrogen-bond donors (Lipinski definition) is 3. The molecule has 1 rings (SSSR count). The molecule has 21 heavy (non-hydrogen) atoms. The first kappa shape index (κ1) is 17.3. The largest absolute Gasteiger partial charge is 0.357 e. The molecule has 1 unspecified atom stereocenters. The molecule has 0 aromatic heterocycles. The van der Waals surface area contributed by atoms with Gasteiger partial charge in [0.25, 0.3) is 0 Å². The van der Waals surface area contributed by atoms with Crippen molar-refractivity contribution in [3.05, 3.63) is 0 Å². The minimum absolute atomic E-state index is 0.0485. The van der Waals surface area contributed by atoms with Crippen molar-refractivity contribution >= 4 is 17.8 Å². The number of likely N-dealkylation sites (tertiary alicyclic amines) is 1. The predicted molar refractivity (Wildman–Crippen MR) is 83.1 cm³/mol. The number of carbonyl (C=O) groups is 2. The quantitative estimate of drug-likeness (QED) is 0.357. The van der Waals surface area contributed by atoms with Gasteiger partial charge in [0.2, 0.25) is 11.8 Å². The molecule has 1 fully saturated rings. The van der Waals surface area contributed by atoms with Crippen LogP contribution in [-0.4, -0.2) is 61.4 Å². The predicted octanol–water partition coefficient (Wildman–Crippen LogP) is -0.311. The maximum Gasteiger partial charge on any atom is 0.222 e. The van der Waals surface area contributed by atoms with Gasteiger partial charge in [-0.15, -0.1) is 0 Å². The highest BCUT2D eigenvalue weighted by Gasteiger charge is 2.25. The zero-order valence-electron chi connectivity index (χ0n) is 13.2. The van der Waals surface area contributed by atoms with Crippen molar-refractivity contribution < 1.29 is 9.59 Å². The Bertz CT molecular complexity index is 384. The molecule has 2 amide bonds. The molecule has 0 aromatic rings. The molecule has 1 heterocycles. The van der Waals surface area contributed by atoms with Crippen LogP contribution >= 0.6 is 0 Å². The Hall–Kier alpha value is -1.79. The van der Waals surface area contributed by atoms with E-state index in [1.54, 1.807) is 0 Å². The van der Waals surface area contributed by atoms with Crippen molar-refractivity contribution in [2.45, 2.75) is 39.7 Å². The normalized spacial score (nSPS) is 18.5. The molecule has 1 atom stereocenters. The second kappa shape index (κ2) is 9.20. The molecule has 1 aliphatic rings. The van der Waals surface area contributed by atoms with Gasteiger partial charge in [-0.1, -0.05) is 6.92 Å². The Kier molecular flexibility index (Phi) is 7.56. The molecule has 0 aliphatic carbocycles. The summed E-state index contributed by atoms with van der Waals surface area (Å²) in [4.78, 5) is 28.8. The molecule has 7 nitrogen and oxygen atoms in total. The third kappa shape index (κ3) is 6.46. The summed E-state index contributed by atoms with van der Waals surface area (Å²) in [6, 6.07) is 0.235. The first-order valence-corrected chi connectivity index (χ1v) is 7.63. The maximum absolute atomic E-state index is 11.7. The number of guanidine groups is 1. The van der Waals surface area contributed by atoms with Gasteiger partial charge in [-0.3, -0.25) is 14.6 Å². The standard InChI is InChI=1S/C14H27N5O2/c1-4-13(21)19-9-6-12(10-19)18-14(15-5-2)17-8-7-16-11(3)20/h12H,4-10H2,1-3H3,(H,16,20)(H2,15,17,18). The van der Waals surface area contributed by atoms with Crippen molar-refractivity contribution in [2.75, 3.05) is 32.7 Å². The summed E-state index contributed by atoms with van der Waals surface area (Å²) in [5, 5.41) is 9.24. The van der Waals surface area contributed by atoms with E-state index in [2.05, 4.69) is 20.9 Å². The Morgan fingerprint density at radius 3 is 2.67 bits per heavy atom. The van der Waals surface area contributed by atoms with E-state index in [4.69, 9.17) is 0 Å². The zero-order chi connectivity index (χ0) is 15.7. The Labute approximate surface area is 126 Å². The molecule has 1 aliphatic heterocycles. The molecule has 0 aromatic carbocycles. The molecular formula is C14H27N5O2. The molecule has 7 heteroatoms. The number of hydrogen-bond acceptors (Lipinski definition) is 3. The van der Waals surface area contributed by atoms with Crippen LogP contribution in [0.15, 0.2) is 4.99 Å². The second-order valence-corrected chi connectivity index (χ2v) is 5.07. The van der Waals surface area contributed by atoms with Gasteiger partial charge in [-0.05, 0) is 13.3 Å². The Morgan fingerprint density at radius 2 is 2.05 bits per heavy atom. The Balaban J connectivity index is 2.41. The Morgan fingerprint density at radius 1 is 1.29 bits per heavy atom. The fourth-order valence-corrected chi connectivity index (χ4v) is 2.24. The molecule has 1 saturated heterocycles. The van der Waals surface area contributed by atoms with E-state index in [1.807, 2.05) is 18.7 Å². The van der Waals surface area contributed by atoms with Gasteiger partial charge < -0.3 is 20.9 Å². The van der Waals surface area contributed by atoms with E-state index < -0.39 is 0 Å². The first-order chi connectivity index (χ1) is 10.1. The summed E-state index contributed by atoms with van der Waals surface area (Å²) in [5.41, 5.74) is 0. The van der Waals surface area contributed by atoms with Crippen LogP contribution in [0.25, 0.3) is 0 Å². The van der Waals surface area contributed by atoms with Crippen LogP contribution < -0.4 is 16.0 Å². The number of nitrogens with zero attached hydrogens (tertiary/aromatic N) is 2. The van der Waals surface area contributed by atoms with Crippen LogP contribution in [0.5, 0.6) is 0 Å². The average Bonchev–Trinajstić information content (AvgIpc) is 2.91. The summed E-state index contributed by atoms with van der Waals surface area (Å²) >= 11 is 0. The average molecular weight is 297 g/mol. The molecular weight excluding hydrogens is 270 g/mol. The molecule has 120 valence electrons. The van der Waals surface area contributed by atoms with E-state index in [0.29, 0.717) is 19.5 Å². The summed E-state index contributed by atoms with van der Waals surface area (Å²) < 4.78 is 0. The van der Waals surface area contributed by atoms with Crippen LogP contribution in [-0.2, 0) is 9.59 Å². The molecule has 3 N–H and O–H groups in total. The number of aliphatic imine (C=N–C) groups is 1. The van der Waals surface area contributed by atoms with Crippen molar-refractivity contribution in [3.8, 4) is 0 Å². The lowest BCUT2D eigenvalue weighted by Gasteiger charge is -2.18. The SMILES string of the molecule is CCNC(=NCCNC(C)=O)NC1CCN(C(=O)CC)C1. The van der Waals surface area contributed by atoms with Gasteiger partial charge in [-0.2, -0.15) is 0 Å². The summed E-state index contributed by atoms with van der Waals surface area (Å²) in [5.74, 6) is 0.887. The van der Waals surface area contributed by atoms with E-state index in [1.165, 1.54) is 6.92 Å². The summed E-state index contributed by atoms with van der Waals surface area (Å²) in [6.45, 7) is 8.74. The number of rotatable bonds is 6. The molecule has 0 radical (unpaired) electrons. The topological polar surface area (TPSA) is 85.8 Å². The van der Waals surface area contributed by atoms with E-state index in [-0.39, 0.29) is 17.9 Å². The van der Waals surface area contributed by atoms with E-state index in [0.717, 1.165) is 32.0 Å². The smallest absolute Gasteiger partial charge is 0.222 e. The third-order valence-corrected chi connectivity index (χ3v) is 3.28. The van der Waals surface area contributed by atoms with E-state index in [9.17, 15) is 9.59 Å². The first-order valence-electron chi connectivity index (χ1n) is 7.63. The van der Waals surface area contributed by atoms with Crippen LogP contribution in [0.2, 0.25) is 0 Å². The molecule has 0 spiro atoms. The van der Waals surface area contributed by atoms with Gasteiger partial charge in [0.05, 0.1) is 6.54 Å². The van der Waals surface area contributed by atoms with Gasteiger partial charge in [0, 0.05) is 45.6 Å². The van der Waals surface area contributed by atoms with Gasteiger partial charge in [0.15, 0.2) is 5.96 Å². The highest BCUT2D eigenvalue weighted by Crippen LogP contribution is 2.10. The van der Waals surface area contributed by atoms with Crippen LogP contribution in [0.3, 0.4) is 0 Å². The van der Waals surface area contributed by atoms with Crippen LogP contribution in [0.1, 0.15) is 33.6 Å². The molecule has 0 saturated carbocycles. The van der Waals surface area contributed by atoms with Gasteiger partial charge in [0.1, 0.15) is 0 Å². The van der Waals surface area contributed by atoms with Crippen LogP contribution in [0, 0.1) is 0 Å². The fourth-order valence-electron chi connectivity index (χ4n) is 2.24. The summed E-state index contributed by atoms with van der Waals surface area (Å²) in [7, 11) is 0. The van der Waals surface area contributed by atoms with Crippen LogP contribution in [0.4, 0.5) is 0 Å². The minimum Gasteiger partial charge on any atom is -0.357 e. The second-order valence-electron chi connectivity index (χ2n) is 5.07. The maximum atomic E-state index is 11.7. The highest BCUT2D eigenvalue weighted by molar-refractivity contribution is 5.80. The number of carbonyl (C=O) groups excluding carboxylic acids is 2. The monoisotopic (exact) mass is 297 g/mol. The zero-order valence-corrected chi connectivity index (χ0v) is 13.2. The lowest BCUT2D eigenvalue weighted by atomic mass is 10.3. The minimum atomic E-state index is -0.0485. The van der Waals surface area contributed by atoms with Crippen molar-refractivity contribution in [1.82, 2.24) is 20.9 Å². The lowest BCUT2D eigenvalue weighted by Crippen LogP contribution is -2.45. The number of amides is 2. The fraction of sp³-hybridized carbons (Fsp3) is 0.786. The molecule has 0 bridgehead atoms. The highest BCUT2D eigenvalue weighted by atomic mass is 16.2. The summed E-state index contributed by atoms with van der Waals surface area (Å²) in [6.07, 6.45) is 1.49.